The van der Waals surface area contributed by atoms with Crippen LogP contribution in [-0.2, 0) is 8.85 Å². The summed E-state index contributed by atoms with van der Waals surface area (Å²) in [4.78, 5) is 8.29. The van der Waals surface area contributed by atoms with Gasteiger partial charge >= 0.3 is 0 Å². The van der Waals surface area contributed by atoms with Crippen LogP contribution in [0.2, 0.25) is 36.3 Å². The molecule has 8 heteroatoms. The highest BCUT2D eigenvalue weighted by molar-refractivity contribution is 6.73. The van der Waals surface area contributed by atoms with Crippen LogP contribution in [0.5, 0.6) is 11.5 Å². The molecule has 238 valence electrons. The number of aromatic nitrogens is 2. The highest BCUT2D eigenvalue weighted by Gasteiger charge is 2.29. The van der Waals surface area contributed by atoms with Crippen molar-refractivity contribution < 1.29 is 18.3 Å². The molecule has 0 saturated carbocycles. The molecule has 3 aromatic rings. The SMILES string of the molecule is CC[Si](CC)(CC)OCCOc1cc(/C=C/c2ccncc2)c(OCCO[Si](CC)(CC)CC)cc1/C=C/c1ccncc1. The van der Waals surface area contributed by atoms with Crippen molar-refractivity contribution in [2.24, 2.45) is 0 Å². The molecule has 6 nitrogen and oxygen atoms in total. The molecule has 0 unspecified atom stereocenters. The van der Waals surface area contributed by atoms with E-state index < -0.39 is 16.6 Å². The van der Waals surface area contributed by atoms with Gasteiger partial charge in [-0.1, -0.05) is 65.8 Å². The smallest absolute Gasteiger partial charge is 0.192 e. The molecule has 0 saturated heterocycles. The summed E-state index contributed by atoms with van der Waals surface area (Å²) in [7, 11) is -3.37. The maximum atomic E-state index is 6.48. The minimum atomic E-state index is -1.68. The molecule has 0 bridgehead atoms. The Bertz CT molecular complexity index is 1180. The second-order valence-electron chi connectivity index (χ2n) is 11.0. The van der Waals surface area contributed by atoms with Crippen LogP contribution in [-0.4, -0.2) is 53.0 Å². The van der Waals surface area contributed by atoms with Gasteiger partial charge in [0.1, 0.15) is 24.7 Å². The van der Waals surface area contributed by atoms with E-state index in [0.717, 1.165) is 70.0 Å². The fraction of sp³-hybridized carbons (Fsp3) is 0.444. The lowest BCUT2D eigenvalue weighted by atomic mass is 10.1. The van der Waals surface area contributed by atoms with Crippen LogP contribution in [0.1, 0.15) is 63.8 Å². The van der Waals surface area contributed by atoms with Crippen LogP contribution in [0.4, 0.5) is 0 Å². The van der Waals surface area contributed by atoms with Gasteiger partial charge in [0.05, 0.1) is 13.2 Å². The van der Waals surface area contributed by atoms with E-state index in [1.165, 1.54) is 0 Å². The van der Waals surface area contributed by atoms with Crippen LogP contribution in [0.15, 0.2) is 61.2 Å². The van der Waals surface area contributed by atoms with Crippen LogP contribution in [0.3, 0.4) is 0 Å². The van der Waals surface area contributed by atoms with Gasteiger partial charge in [0.25, 0.3) is 0 Å². The third-order valence-corrected chi connectivity index (χ3v) is 18.2. The van der Waals surface area contributed by atoms with Crippen molar-refractivity contribution in [3.8, 4) is 11.5 Å². The Morgan fingerprint density at radius 3 is 1.16 bits per heavy atom. The summed E-state index contributed by atoms with van der Waals surface area (Å²) < 4.78 is 25.8. The first-order valence-electron chi connectivity index (χ1n) is 16.3. The minimum absolute atomic E-state index is 0.490. The van der Waals surface area contributed by atoms with Gasteiger partial charge in [-0.05, 0) is 83.8 Å². The van der Waals surface area contributed by atoms with Gasteiger partial charge in [-0.15, -0.1) is 0 Å². The summed E-state index contributed by atoms with van der Waals surface area (Å²) in [6, 6.07) is 18.8. The third kappa shape index (κ3) is 10.5. The number of rotatable bonds is 20. The number of pyridine rings is 2. The summed E-state index contributed by atoms with van der Waals surface area (Å²) in [6.07, 6.45) is 15.5. The molecule has 2 aromatic heterocycles. The molecular formula is C36H52N2O4Si2. The molecule has 0 fully saturated rings. The first kappa shape index (κ1) is 35.4. The lowest BCUT2D eigenvalue weighted by molar-refractivity contribution is 0.204. The number of hydrogen-bond donors (Lipinski definition) is 0. The fourth-order valence-corrected chi connectivity index (χ4v) is 10.6. The van der Waals surface area contributed by atoms with Crippen molar-refractivity contribution in [3.63, 3.8) is 0 Å². The zero-order valence-corrected chi connectivity index (χ0v) is 29.7. The standard InChI is InChI=1S/C36H52N2O4Si2/c1-7-43(8-2,9-3)41-27-25-39-35-29-34(16-14-32-19-23-38-24-20-32)36(40-26-28-42-44(10-4,11-5)12-6)30-33(35)15-13-31-17-21-37-22-18-31/h13-24,29-30H,7-12,25-28H2,1-6H3/b15-13+,16-14+. The Balaban J connectivity index is 1.91. The first-order valence-corrected chi connectivity index (χ1v) is 21.4. The van der Waals surface area contributed by atoms with E-state index in [1.54, 1.807) is 24.8 Å². The second kappa shape index (κ2) is 18.7. The zero-order chi connectivity index (χ0) is 31.7. The number of ether oxygens (including phenoxy) is 2. The van der Waals surface area contributed by atoms with Crippen molar-refractivity contribution in [1.82, 2.24) is 9.97 Å². The Kier molecular flexibility index (Phi) is 15.1. The van der Waals surface area contributed by atoms with Crippen molar-refractivity contribution in [1.29, 1.82) is 0 Å². The van der Waals surface area contributed by atoms with Crippen LogP contribution in [0.25, 0.3) is 24.3 Å². The van der Waals surface area contributed by atoms with E-state index >= 15 is 0 Å². The molecular weight excluding hydrogens is 581 g/mol. The van der Waals surface area contributed by atoms with Gasteiger partial charge in [-0.25, -0.2) is 0 Å². The van der Waals surface area contributed by atoms with Crippen LogP contribution in [0, 0.1) is 0 Å². The monoisotopic (exact) mass is 632 g/mol. The maximum absolute atomic E-state index is 6.48. The molecule has 0 amide bonds. The molecule has 1 aromatic carbocycles. The van der Waals surface area contributed by atoms with Gasteiger partial charge < -0.3 is 18.3 Å². The average molecular weight is 633 g/mol. The second-order valence-corrected chi connectivity index (χ2v) is 20.6. The lowest BCUT2D eigenvalue weighted by Gasteiger charge is -2.28. The lowest BCUT2D eigenvalue weighted by Crippen LogP contribution is -2.37. The fourth-order valence-electron chi connectivity index (χ4n) is 5.35. The molecule has 0 aliphatic rings. The predicted molar refractivity (Wildman–Crippen MR) is 190 cm³/mol. The van der Waals surface area contributed by atoms with Crippen molar-refractivity contribution >= 4 is 40.9 Å². The van der Waals surface area contributed by atoms with E-state index in [2.05, 4.69) is 87.9 Å². The maximum Gasteiger partial charge on any atom is 0.192 e. The summed E-state index contributed by atoms with van der Waals surface area (Å²) in [6.45, 7) is 15.7. The first-order chi connectivity index (χ1) is 21.5. The quantitative estimate of drug-likeness (QED) is 0.0913. The Labute approximate surface area is 267 Å². The van der Waals surface area contributed by atoms with Gasteiger partial charge in [0.15, 0.2) is 16.6 Å². The Morgan fingerprint density at radius 1 is 0.500 bits per heavy atom. The van der Waals surface area contributed by atoms with Crippen molar-refractivity contribution in [2.45, 2.75) is 77.8 Å². The summed E-state index contributed by atoms with van der Waals surface area (Å²) >= 11 is 0. The minimum Gasteiger partial charge on any atom is -0.491 e. The van der Waals surface area contributed by atoms with E-state index in [9.17, 15) is 0 Å². The number of benzene rings is 1. The third-order valence-electron chi connectivity index (χ3n) is 8.83. The largest absolute Gasteiger partial charge is 0.491 e. The molecule has 0 spiro atoms. The topological polar surface area (TPSA) is 62.7 Å². The summed E-state index contributed by atoms with van der Waals surface area (Å²) in [5.41, 5.74) is 4.03. The van der Waals surface area contributed by atoms with E-state index in [1.807, 2.05) is 24.3 Å². The van der Waals surface area contributed by atoms with E-state index in [4.69, 9.17) is 18.3 Å². The van der Waals surface area contributed by atoms with Gasteiger partial charge in [-0.2, -0.15) is 0 Å². The molecule has 0 aliphatic heterocycles. The van der Waals surface area contributed by atoms with Gasteiger partial charge in [0, 0.05) is 35.9 Å². The van der Waals surface area contributed by atoms with Crippen molar-refractivity contribution in [3.05, 3.63) is 83.4 Å². The summed E-state index contributed by atoms with van der Waals surface area (Å²) in [5, 5.41) is 0. The van der Waals surface area contributed by atoms with E-state index in [-0.39, 0.29) is 0 Å². The highest BCUT2D eigenvalue weighted by Crippen LogP contribution is 2.33. The summed E-state index contributed by atoms with van der Waals surface area (Å²) in [5.74, 6) is 1.59. The molecule has 0 N–H and O–H groups in total. The highest BCUT2D eigenvalue weighted by atomic mass is 28.4. The molecule has 2 heterocycles. The normalized spacial score (nSPS) is 12.3. The number of nitrogens with zero attached hydrogens (tertiary/aromatic N) is 2. The average Bonchev–Trinajstić information content (AvgIpc) is 3.08. The number of hydrogen-bond acceptors (Lipinski definition) is 6. The molecule has 3 rings (SSSR count). The van der Waals surface area contributed by atoms with E-state index in [0.29, 0.717) is 26.4 Å². The van der Waals surface area contributed by atoms with Gasteiger partial charge in [-0.3, -0.25) is 9.97 Å². The Hall–Kier alpha value is -3.05. The van der Waals surface area contributed by atoms with Crippen LogP contribution >= 0.6 is 0 Å². The molecule has 0 aliphatic carbocycles. The Morgan fingerprint density at radius 2 is 0.841 bits per heavy atom. The molecule has 44 heavy (non-hydrogen) atoms. The zero-order valence-electron chi connectivity index (χ0n) is 27.7. The van der Waals surface area contributed by atoms with Crippen molar-refractivity contribution in [2.75, 3.05) is 26.4 Å². The van der Waals surface area contributed by atoms with Crippen LogP contribution < -0.4 is 9.47 Å². The predicted octanol–water partition coefficient (Wildman–Crippen LogP) is 9.62. The molecule has 0 radical (unpaired) electrons. The van der Waals surface area contributed by atoms with Gasteiger partial charge in [0.2, 0.25) is 0 Å². The molecule has 0 atom stereocenters.